The lowest BCUT2D eigenvalue weighted by atomic mass is 10.1. The van der Waals surface area contributed by atoms with Crippen LogP contribution in [0.5, 0.6) is 0 Å². The van der Waals surface area contributed by atoms with Crippen molar-refractivity contribution in [2.45, 2.75) is 45.1 Å². The van der Waals surface area contributed by atoms with Gasteiger partial charge < -0.3 is 9.47 Å². The third-order valence-corrected chi connectivity index (χ3v) is 3.94. The van der Waals surface area contributed by atoms with E-state index in [2.05, 4.69) is 20.6 Å². The molecule has 3 nitrogen and oxygen atoms in total. The molecule has 2 aliphatic heterocycles. The molecule has 1 aromatic heterocycles. The van der Waals surface area contributed by atoms with Crippen molar-refractivity contribution in [2.75, 3.05) is 19.6 Å². The number of nitrogens with zero attached hydrogens (tertiary/aromatic N) is 3. The Balaban J connectivity index is 1.63. The topological polar surface area (TPSA) is 21.1 Å². The lowest BCUT2D eigenvalue weighted by Crippen LogP contribution is -2.23. The summed E-state index contributed by atoms with van der Waals surface area (Å²) in [7, 11) is 0. The summed E-state index contributed by atoms with van der Waals surface area (Å²) in [5, 5.41) is 0. The van der Waals surface area contributed by atoms with Gasteiger partial charge in [0.1, 0.15) is 5.82 Å². The van der Waals surface area contributed by atoms with Gasteiger partial charge in [0.25, 0.3) is 0 Å². The number of aromatic nitrogens is 2. The molecule has 3 heterocycles. The lowest BCUT2D eigenvalue weighted by molar-refractivity contribution is 0.337. The Bertz CT molecular complexity index is 350. The molecule has 0 spiro atoms. The summed E-state index contributed by atoms with van der Waals surface area (Å²) in [6, 6.07) is 0. The molecule has 3 rings (SSSR count). The van der Waals surface area contributed by atoms with Crippen molar-refractivity contribution in [3.63, 3.8) is 0 Å². The minimum atomic E-state index is 1.14. The van der Waals surface area contributed by atoms with E-state index in [1.54, 1.807) is 0 Å². The Morgan fingerprint density at radius 2 is 1.88 bits per heavy atom. The summed E-state index contributed by atoms with van der Waals surface area (Å²) >= 11 is 0. The molecule has 0 saturated carbocycles. The largest absolute Gasteiger partial charge is 0.332 e. The Labute approximate surface area is 97.5 Å². The third kappa shape index (κ3) is 2.01. The number of aryl methyl sites for hydroxylation is 1. The van der Waals surface area contributed by atoms with Crippen molar-refractivity contribution in [3.05, 3.63) is 17.7 Å². The molecule has 0 amide bonds. The maximum atomic E-state index is 4.60. The van der Waals surface area contributed by atoms with E-state index in [1.807, 2.05) is 0 Å². The standard InChI is InChI=1S/C13H21N3/c1-2-9-16-12(5-1)11-14-13(16)6-10-15-7-3-4-8-15/h11H,1-10H2. The van der Waals surface area contributed by atoms with Gasteiger partial charge in [-0.25, -0.2) is 4.98 Å². The predicted molar refractivity (Wildman–Crippen MR) is 64.5 cm³/mol. The number of hydrogen-bond acceptors (Lipinski definition) is 2. The second kappa shape index (κ2) is 4.58. The molecular weight excluding hydrogens is 198 g/mol. The first-order valence-electron chi connectivity index (χ1n) is 6.69. The summed E-state index contributed by atoms with van der Waals surface area (Å²) in [6.45, 7) is 5.00. The first kappa shape index (κ1) is 10.3. The van der Waals surface area contributed by atoms with Crippen molar-refractivity contribution in [3.8, 4) is 0 Å². The van der Waals surface area contributed by atoms with E-state index in [0.29, 0.717) is 0 Å². The fourth-order valence-corrected chi connectivity index (χ4v) is 2.97. The normalized spacial score (nSPS) is 21.2. The van der Waals surface area contributed by atoms with Gasteiger partial charge >= 0.3 is 0 Å². The second-order valence-electron chi connectivity index (χ2n) is 5.07. The molecule has 2 aliphatic rings. The van der Waals surface area contributed by atoms with Crippen LogP contribution < -0.4 is 0 Å². The van der Waals surface area contributed by atoms with Crippen molar-refractivity contribution >= 4 is 0 Å². The minimum Gasteiger partial charge on any atom is -0.332 e. The van der Waals surface area contributed by atoms with Crippen LogP contribution in [-0.2, 0) is 19.4 Å². The van der Waals surface area contributed by atoms with Crippen LogP contribution in [-0.4, -0.2) is 34.1 Å². The van der Waals surface area contributed by atoms with Gasteiger partial charge in [0, 0.05) is 31.4 Å². The summed E-state index contributed by atoms with van der Waals surface area (Å²) in [6.07, 6.45) is 9.92. The van der Waals surface area contributed by atoms with E-state index < -0.39 is 0 Å². The summed E-state index contributed by atoms with van der Waals surface area (Å²) < 4.78 is 2.46. The molecule has 0 N–H and O–H groups in total. The number of hydrogen-bond donors (Lipinski definition) is 0. The first-order valence-corrected chi connectivity index (χ1v) is 6.69. The maximum Gasteiger partial charge on any atom is 0.110 e. The number of likely N-dealkylation sites (tertiary alicyclic amines) is 1. The Kier molecular flexibility index (Phi) is 2.96. The molecule has 0 aromatic carbocycles. The highest BCUT2D eigenvalue weighted by atomic mass is 15.1. The highest BCUT2D eigenvalue weighted by Gasteiger charge is 2.16. The Hall–Kier alpha value is -0.830. The average Bonchev–Trinajstić information content (AvgIpc) is 2.96. The van der Waals surface area contributed by atoms with Gasteiger partial charge in [-0.1, -0.05) is 0 Å². The second-order valence-corrected chi connectivity index (χ2v) is 5.07. The zero-order chi connectivity index (χ0) is 10.8. The molecule has 0 bridgehead atoms. The SMILES string of the molecule is c1nc(CCN2CCCC2)n2c1CCCC2. The number of imidazole rings is 1. The summed E-state index contributed by atoms with van der Waals surface area (Å²) in [4.78, 5) is 7.17. The fraction of sp³-hybridized carbons (Fsp3) is 0.769. The van der Waals surface area contributed by atoms with E-state index in [4.69, 9.17) is 0 Å². The highest BCUT2D eigenvalue weighted by molar-refractivity contribution is 5.08. The van der Waals surface area contributed by atoms with Gasteiger partial charge in [-0.15, -0.1) is 0 Å². The van der Waals surface area contributed by atoms with Gasteiger partial charge in [0.2, 0.25) is 0 Å². The maximum absolute atomic E-state index is 4.60. The van der Waals surface area contributed by atoms with Crippen LogP contribution in [0.1, 0.15) is 37.2 Å². The van der Waals surface area contributed by atoms with Gasteiger partial charge in [0.15, 0.2) is 0 Å². The Morgan fingerprint density at radius 3 is 2.75 bits per heavy atom. The van der Waals surface area contributed by atoms with E-state index in [1.165, 1.54) is 69.8 Å². The van der Waals surface area contributed by atoms with Gasteiger partial charge in [-0.05, 0) is 45.2 Å². The predicted octanol–water partition coefficient (Wildman–Crippen LogP) is 1.86. The summed E-state index contributed by atoms with van der Waals surface area (Å²) in [5.74, 6) is 1.32. The van der Waals surface area contributed by atoms with Crippen LogP contribution in [0.3, 0.4) is 0 Å². The molecule has 1 aromatic rings. The number of fused-ring (bicyclic) bond motifs is 1. The molecule has 1 saturated heterocycles. The van der Waals surface area contributed by atoms with E-state index in [9.17, 15) is 0 Å². The van der Waals surface area contributed by atoms with Gasteiger partial charge in [-0.2, -0.15) is 0 Å². The van der Waals surface area contributed by atoms with Crippen LogP contribution in [0.2, 0.25) is 0 Å². The molecule has 0 atom stereocenters. The van der Waals surface area contributed by atoms with Crippen LogP contribution in [0.25, 0.3) is 0 Å². The zero-order valence-electron chi connectivity index (χ0n) is 9.99. The molecule has 16 heavy (non-hydrogen) atoms. The van der Waals surface area contributed by atoms with Crippen LogP contribution in [0, 0.1) is 0 Å². The molecule has 88 valence electrons. The summed E-state index contributed by atoms with van der Waals surface area (Å²) in [5.41, 5.74) is 1.46. The molecule has 3 heteroatoms. The van der Waals surface area contributed by atoms with E-state index in [-0.39, 0.29) is 0 Å². The number of rotatable bonds is 3. The molecule has 0 unspecified atom stereocenters. The Morgan fingerprint density at radius 1 is 1.06 bits per heavy atom. The van der Waals surface area contributed by atoms with E-state index in [0.717, 1.165) is 6.42 Å². The third-order valence-electron chi connectivity index (χ3n) is 3.94. The minimum absolute atomic E-state index is 1.14. The van der Waals surface area contributed by atoms with E-state index >= 15 is 0 Å². The van der Waals surface area contributed by atoms with Crippen LogP contribution in [0.4, 0.5) is 0 Å². The van der Waals surface area contributed by atoms with Crippen molar-refractivity contribution in [1.82, 2.24) is 14.5 Å². The van der Waals surface area contributed by atoms with Crippen LogP contribution >= 0.6 is 0 Å². The average molecular weight is 219 g/mol. The zero-order valence-corrected chi connectivity index (χ0v) is 9.99. The monoisotopic (exact) mass is 219 g/mol. The molecule has 0 aliphatic carbocycles. The molecular formula is C13H21N3. The fourth-order valence-electron chi connectivity index (χ4n) is 2.97. The lowest BCUT2D eigenvalue weighted by Gasteiger charge is -2.18. The van der Waals surface area contributed by atoms with Gasteiger partial charge in [-0.3, -0.25) is 0 Å². The van der Waals surface area contributed by atoms with Crippen LogP contribution in [0.15, 0.2) is 6.20 Å². The highest BCUT2D eigenvalue weighted by Crippen LogP contribution is 2.17. The molecule has 1 fully saturated rings. The first-order chi connectivity index (χ1) is 7.93. The van der Waals surface area contributed by atoms with Crippen molar-refractivity contribution in [1.29, 1.82) is 0 Å². The van der Waals surface area contributed by atoms with Gasteiger partial charge in [0.05, 0.1) is 0 Å². The quantitative estimate of drug-likeness (QED) is 0.773. The molecule has 0 radical (unpaired) electrons. The van der Waals surface area contributed by atoms with Crippen molar-refractivity contribution in [2.24, 2.45) is 0 Å². The smallest absolute Gasteiger partial charge is 0.110 e. The van der Waals surface area contributed by atoms with Crippen molar-refractivity contribution < 1.29 is 0 Å².